The lowest BCUT2D eigenvalue weighted by Gasteiger charge is -2.33. The molecular formula is C15H20N4O4. The van der Waals surface area contributed by atoms with E-state index in [1.54, 1.807) is 11.1 Å². The van der Waals surface area contributed by atoms with E-state index in [0.717, 1.165) is 5.82 Å². The highest BCUT2D eigenvalue weighted by Crippen LogP contribution is 2.28. The van der Waals surface area contributed by atoms with Crippen molar-refractivity contribution in [2.45, 2.75) is 19.4 Å². The van der Waals surface area contributed by atoms with Crippen LogP contribution in [0.4, 0.5) is 21.1 Å². The average Bonchev–Trinajstić information content (AvgIpc) is 2.80. The fourth-order valence-corrected chi connectivity index (χ4v) is 2.82. The lowest BCUT2D eigenvalue weighted by molar-refractivity contribution is 0.0871. The molecule has 0 atom stereocenters. The molecule has 8 nitrogen and oxygen atoms in total. The third-order valence-corrected chi connectivity index (χ3v) is 4.04. The number of carbonyl (C=O) groups excluding carboxylic acids is 1. The van der Waals surface area contributed by atoms with Crippen LogP contribution in [0.1, 0.15) is 13.8 Å². The Bertz CT molecular complexity index is 608. The molecule has 3 rings (SSSR count). The van der Waals surface area contributed by atoms with Gasteiger partial charge >= 0.3 is 12.2 Å². The Morgan fingerprint density at radius 2 is 1.96 bits per heavy atom. The van der Waals surface area contributed by atoms with E-state index in [4.69, 9.17) is 9.84 Å². The van der Waals surface area contributed by atoms with Gasteiger partial charge in [0, 0.05) is 26.2 Å². The van der Waals surface area contributed by atoms with Gasteiger partial charge in [0.15, 0.2) is 0 Å². The van der Waals surface area contributed by atoms with Gasteiger partial charge in [0.2, 0.25) is 0 Å². The molecule has 3 heterocycles. The molecule has 0 aromatic carbocycles. The summed E-state index contributed by atoms with van der Waals surface area (Å²) in [5.74, 6) is 0.783. The minimum Gasteiger partial charge on any atom is -0.465 e. The van der Waals surface area contributed by atoms with Crippen LogP contribution in [0, 0.1) is 0 Å². The number of anilines is 2. The Kier molecular flexibility index (Phi) is 3.75. The topological polar surface area (TPSA) is 86.2 Å². The normalized spacial score (nSPS) is 20.6. The zero-order chi connectivity index (χ0) is 16.6. The molecule has 2 aliphatic rings. The van der Waals surface area contributed by atoms with E-state index in [0.29, 0.717) is 38.4 Å². The first-order valence-electron chi connectivity index (χ1n) is 7.55. The van der Waals surface area contributed by atoms with Crippen LogP contribution in [0.3, 0.4) is 0 Å². The lowest BCUT2D eigenvalue weighted by atomic mass is 10.1. The lowest BCUT2D eigenvalue weighted by Crippen LogP contribution is -2.48. The van der Waals surface area contributed by atoms with Gasteiger partial charge in [-0.1, -0.05) is 0 Å². The van der Waals surface area contributed by atoms with Crippen molar-refractivity contribution >= 4 is 23.7 Å². The minimum absolute atomic E-state index is 0.361. The Morgan fingerprint density at radius 1 is 1.26 bits per heavy atom. The predicted octanol–water partition coefficient (Wildman–Crippen LogP) is 1.62. The zero-order valence-corrected chi connectivity index (χ0v) is 13.2. The van der Waals surface area contributed by atoms with Gasteiger partial charge in [-0.3, -0.25) is 4.90 Å². The highest BCUT2D eigenvalue weighted by Gasteiger charge is 2.38. The quantitative estimate of drug-likeness (QED) is 0.891. The molecule has 124 valence electrons. The Hall–Kier alpha value is -2.51. The van der Waals surface area contributed by atoms with Crippen molar-refractivity contribution in [1.29, 1.82) is 0 Å². The number of cyclic esters (lactones) is 1. The summed E-state index contributed by atoms with van der Waals surface area (Å²) in [6.07, 6.45) is 0.407. The summed E-state index contributed by atoms with van der Waals surface area (Å²) in [6.45, 7) is 6.37. The van der Waals surface area contributed by atoms with Crippen LogP contribution in [0.2, 0.25) is 0 Å². The smallest absolute Gasteiger partial charge is 0.415 e. The summed E-state index contributed by atoms with van der Waals surface area (Å²) in [4.78, 5) is 32.2. The number of nitrogens with zero attached hydrogens (tertiary/aromatic N) is 4. The molecular weight excluding hydrogens is 300 g/mol. The van der Waals surface area contributed by atoms with Crippen molar-refractivity contribution in [3.63, 3.8) is 0 Å². The predicted molar refractivity (Wildman–Crippen MR) is 84.0 cm³/mol. The van der Waals surface area contributed by atoms with E-state index in [1.165, 1.54) is 4.90 Å². The van der Waals surface area contributed by atoms with Gasteiger partial charge in [-0.25, -0.2) is 14.6 Å². The third kappa shape index (κ3) is 3.15. The maximum atomic E-state index is 11.9. The number of piperazine rings is 1. The number of carboxylic acid groups (broad SMARTS) is 1. The van der Waals surface area contributed by atoms with E-state index in [1.807, 2.05) is 30.9 Å². The van der Waals surface area contributed by atoms with Crippen LogP contribution in [0.5, 0.6) is 0 Å². The maximum absolute atomic E-state index is 11.9. The van der Waals surface area contributed by atoms with Gasteiger partial charge in [-0.2, -0.15) is 0 Å². The van der Waals surface area contributed by atoms with E-state index in [2.05, 4.69) is 4.98 Å². The van der Waals surface area contributed by atoms with Crippen LogP contribution < -0.4 is 9.80 Å². The number of carbonyl (C=O) groups is 2. The summed E-state index contributed by atoms with van der Waals surface area (Å²) in [5, 5.41) is 8.96. The first-order valence-corrected chi connectivity index (χ1v) is 7.55. The summed E-state index contributed by atoms with van der Waals surface area (Å²) < 4.78 is 5.28. The SMILES string of the molecule is CC1(C)CN(c2ccc(N3CCN(C(=O)O)CC3)nc2)C(=O)O1. The zero-order valence-electron chi connectivity index (χ0n) is 13.2. The second-order valence-electron chi connectivity index (χ2n) is 6.35. The fraction of sp³-hybridized carbons (Fsp3) is 0.533. The standard InChI is InChI=1S/C15H20N4O4/c1-15(2)10-19(14(22)23-15)11-3-4-12(16-9-11)17-5-7-18(8-6-17)13(20)21/h3-4,9H,5-8,10H2,1-2H3,(H,20,21). The van der Waals surface area contributed by atoms with Crippen molar-refractivity contribution in [3.05, 3.63) is 18.3 Å². The largest absolute Gasteiger partial charge is 0.465 e. The average molecular weight is 320 g/mol. The van der Waals surface area contributed by atoms with E-state index < -0.39 is 11.7 Å². The summed E-state index contributed by atoms with van der Waals surface area (Å²) in [6, 6.07) is 3.69. The molecule has 1 aromatic heterocycles. The van der Waals surface area contributed by atoms with Crippen LogP contribution in [-0.2, 0) is 4.74 Å². The molecule has 0 bridgehead atoms. The minimum atomic E-state index is -0.886. The number of hydrogen-bond donors (Lipinski definition) is 1. The molecule has 1 N–H and O–H groups in total. The third-order valence-electron chi connectivity index (χ3n) is 4.04. The van der Waals surface area contributed by atoms with Gasteiger partial charge in [0.05, 0.1) is 18.4 Å². The summed E-state index contributed by atoms with van der Waals surface area (Å²) in [7, 11) is 0. The number of aromatic nitrogens is 1. The van der Waals surface area contributed by atoms with Crippen LogP contribution >= 0.6 is 0 Å². The molecule has 0 unspecified atom stereocenters. The molecule has 2 aliphatic heterocycles. The molecule has 0 saturated carbocycles. The molecule has 23 heavy (non-hydrogen) atoms. The van der Waals surface area contributed by atoms with Crippen molar-refractivity contribution in [2.75, 3.05) is 42.5 Å². The van der Waals surface area contributed by atoms with Gasteiger partial charge in [0.25, 0.3) is 0 Å². The molecule has 1 aromatic rings. The summed E-state index contributed by atoms with van der Waals surface area (Å²) in [5.41, 5.74) is 0.205. The van der Waals surface area contributed by atoms with Crippen LogP contribution in [0.15, 0.2) is 18.3 Å². The van der Waals surface area contributed by atoms with Gasteiger partial charge in [-0.05, 0) is 26.0 Å². The highest BCUT2D eigenvalue weighted by molar-refractivity contribution is 5.90. The van der Waals surface area contributed by atoms with Crippen molar-refractivity contribution < 1.29 is 19.4 Å². The number of hydrogen-bond acceptors (Lipinski definition) is 5. The van der Waals surface area contributed by atoms with Crippen LogP contribution in [0.25, 0.3) is 0 Å². The molecule has 0 aliphatic carbocycles. The number of amides is 2. The Morgan fingerprint density at radius 3 is 2.43 bits per heavy atom. The second-order valence-corrected chi connectivity index (χ2v) is 6.35. The van der Waals surface area contributed by atoms with Crippen molar-refractivity contribution in [1.82, 2.24) is 9.88 Å². The number of pyridine rings is 1. The Labute approximate surface area is 134 Å². The molecule has 8 heteroatoms. The van der Waals surface area contributed by atoms with Crippen molar-refractivity contribution in [3.8, 4) is 0 Å². The van der Waals surface area contributed by atoms with Crippen LogP contribution in [-0.4, -0.2) is 65.5 Å². The van der Waals surface area contributed by atoms with Gasteiger partial charge in [0.1, 0.15) is 11.4 Å². The number of rotatable bonds is 2. The van der Waals surface area contributed by atoms with Gasteiger partial charge < -0.3 is 19.6 Å². The molecule has 2 amide bonds. The fourth-order valence-electron chi connectivity index (χ4n) is 2.82. The monoisotopic (exact) mass is 320 g/mol. The van der Waals surface area contributed by atoms with Crippen molar-refractivity contribution in [2.24, 2.45) is 0 Å². The number of ether oxygens (including phenoxy) is 1. The first-order chi connectivity index (χ1) is 10.9. The summed E-state index contributed by atoms with van der Waals surface area (Å²) >= 11 is 0. The molecule has 2 fully saturated rings. The van der Waals surface area contributed by atoms with E-state index in [-0.39, 0.29) is 6.09 Å². The maximum Gasteiger partial charge on any atom is 0.415 e. The van der Waals surface area contributed by atoms with Gasteiger partial charge in [-0.15, -0.1) is 0 Å². The second kappa shape index (κ2) is 5.60. The Balaban J connectivity index is 1.66. The highest BCUT2D eigenvalue weighted by atomic mass is 16.6. The molecule has 0 spiro atoms. The first kappa shape index (κ1) is 15.4. The van der Waals surface area contributed by atoms with E-state index in [9.17, 15) is 9.59 Å². The molecule has 0 radical (unpaired) electrons. The molecule has 2 saturated heterocycles. The van der Waals surface area contributed by atoms with E-state index >= 15 is 0 Å².